The number of halogens is 3. The highest BCUT2D eigenvalue weighted by molar-refractivity contribution is 7.85. The van der Waals surface area contributed by atoms with Crippen molar-refractivity contribution in [3.05, 3.63) is 126 Å². The predicted molar refractivity (Wildman–Crippen MR) is 245 cm³/mol. The molecule has 4 aromatic carbocycles. The Labute approximate surface area is 388 Å². The van der Waals surface area contributed by atoms with Gasteiger partial charge in [-0.2, -0.15) is 21.6 Å². The fraction of sp³-hybridized carbons (Fsp3) is 0.333. The lowest BCUT2D eigenvalue weighted by atomic mass is 9.80. The molecule has 0 spiro atoms. The Bertz CT molecular complexity index is 2520. The van der Waals surface area contributed by atoms with Gasteiger partial charge in [0.05, 0.1) is 87.3 Å². The summed E-state index contributed by atoms with van der Waals surface area (Å²) in [5.41, 5.74) is -3.91. The average Bonchev–Trinajstić information content (AvgIpc) is 3.27. The van der Waals surface area contributed by atoms with Crippen molar-refractivity contribution in [2.24, 2.45) is 0 Å². The van der Waals surface area contributed by atoms with Crippen LogP contribution < -0.4 is 9.47 Å². The van der Waals surface area contributed by atoms with Crippen LogP contribution in [0.25, 0.3) is 0 Å². The molecule has 1 atom stereocenters. The Hall–Kier alpha value is -4.76. The Balaban J connectivity index is 2.11. The molecule has 0 aliphatic rings. The second kappa shape index (κ2) is 22.2. The minimum atomic E-state index is -5.66. The topological polar surface area (TPSA) is 150 Å². The highest BCUT2D eigenvalue weighted by Gasteiger charge is 2.57. The van der Waals surface area contributed by atoms with Crippen molar-refractivity contribution in [2.75, 3.05) is 5.75 Å². The molecule has 1 N–H and O–H groups in total. The SMILES string of the molecule is [B]Cc1cc(C[B])c(CC(=O)c2cc(C(=O)OC(C)(CS(=O)(=O)O)C(F)(F)F)c(C(=O)Oc3c(C[B])cc(C[B])cc3C[B])cc2C(=O)Oc2c(C[B])cc(C[B])cc2C[B])c(C[B])c1. The van der Waals surface area contributed by atoms with Gasteiger partial charge in [-0.1, -0.05) is 121 Å². The number of ketones is 1. The van der Waals surface area contributed by atoms with E-state index in [2.05, 4.69) is 0 Å². The third-order valence-electron chi connectivity index (χ3n) is 10.3. The van der Waals surface area contributed by atoms with Crippen LogP contribution in [0.3, 0.4) is 0 Å². The Kier molecular flexibility index (Phi) is 18.0. The normalized spacial score (nSPS) is 12.6. The van der Waals surface area contributed by atoms with E-state index in [9.17, 15) is 45.3 Å². The molecule has 316 valence electrons. The number of hydrogen-bond donors (Lipinski definition) is 1. The lowest BCUT2D eigenvalue weighted by Crippen LogP contribution is -2.51. The number of ether oxygens (including phenoxy) is 3. The molecule has 0 amide bonds. The van der Waals surface area contributed by atoms with Gasteiger partial charge in [-0.05, 0) is 46.9 Å². The number of hydrogen-bond acceptors (Lipinski definition) is 9. The van der Waals surface area contributed by atoms with Crippen molar-refractivity contribution in [3.8, 4) is 11.5 Å². The van der Waals surface area contributed by atoms with E-state index in [1.165, 1.54) is 24.3 Å². The summed E-state index contributed by atoms with van der Waals surface area (Å²) in [6.45, 7) is 0.155. The quantitative estimate of drug-likeness (QED) is 0.0462. The van der Waals surface area contributed by atoms with Gasteiger partial charge in [-0.25, -0.2) is 14.4 Å². The van der Waals surface area contributed by atoms with E-state index in [1.54, 1.807) is 12.1 Å². The third kappa shape index (κ3) is 12.4. The molecule has 18 radical (unpaired) electrons. The van der Waals surface area contributed by atoms with E-state index >= 15 is 0 Å². The maximum atomic E-state index is 14.7. The second-order valence-electron chi connectivity index (χ2n) is 14.9. The van der Waals surface area contributed by atoms with Crippen molar-refractivity contribution >= 4 is 104 Å². The zero-order valence-electron chi connectivity index (χ0n) is 35.3. The molecule has 0 fully saturated rings. The lowest BCUT2D eigenvalue weighted by Gasteiger charge is -2.30. The maximum Gasteiger partial charge on any atom is 0.429 e. The highest BCUT2D eigenvalue weighted by Crippen LogP contribution is 2.37. The predicted octanol–water partition coefficient (Wildman–Crippen LogP) is 2.93. The van der Waals surface area contributed by atoms with Gasteiger partial charge in [0.1, 0.15) is 17.3 Å². The van der Waals surface area contributed by atoms with Crippen molar-refractivity contribution in [2.45, 2.75) is 82.0 Å². The van der Waals surface area contributed by atoms with Crippen LogP contribution in [0.15, 0.2) is 48.5 Å². The molecule has 0 saturated carbocycles. The molecular weight excluding hydrogens is 851 g/mol. The van der Waals surface area contributed by atoms with E-state index in [1.807, 2.05) is 0 Å². The average molecular weight is 885 g/mol. The molecule has 1 unspecified atom stereocenters. The van der Waals surface area contributed by atoms with E-state index in [0.29, 0.717) is 39.9 Å². The summed E-state index contributed by atoms with van der Waals surface area (Å²) in [5, 5.41) is 0. The van der Waals surface area contributed by atoms with Gasteiger partial charge in [-0.3, -0.25) is 9.35 Å². The molecule has 0 saturated heterocycles. The molecule has 4 aromatic rings. The zero-order chi connectivity index (χ0) is 48.6. The summed E-state index contributed by atoms with van der Waals surface area (Å²) >= 11 is 0. The van der Waals surface area contributed by atoms with Crippen LogP contribution in [0.5, 0.6) is 11.5 Å². The minimum absolute atomic E-state index is 0.0100. The van der Waals surface area contributed by atoms with Crippen LogP contribution in [-0.2, 0) is 78.2 Å². The Morgan fingerprint density at radius 2 is 0.846 bits per heavy atom. The van der Waals surface area contributed by atoms with Crippen LogP contribution in [0.2, 0.25) is 0 Å². The molecule has 10 nitrogen and oxygen atoms in total. The number of Topliss-reactive ketones (excluding diaryl/α,β-unsaturated/α-hetero) is 1. The molecule has 0 aliphatic heterocycles. The van der Waals surface area contributed by atoms with Crippen LogP contribution in [0.1, 0.15) is 104 Å². The van der Waals surface area contributed by atoms with Gasteiger partial charge in [0, 0.05) is 12.0 Å². The Morgan fingerprint density at radius 1 is 0.523 bits per heavy atom. The summed E-state index contributed by atoms with van der Waals surface area (Å²) in [6.07, 6.45) is -7.35. The summed E-state index contributed by atoms with van der Waals surface area (Å²) < 4.78 is 93.1. The summed E-state index contributed by atoms with van der Waals surface area (Å²) in [4.78, 5) is 57.7. The van der Waals surface area contributed by atoms with Gasteiger partial charge in [-0.15, -0.1) is 0 Å². The maximum absolute atomic E-state index is 14.7. The molecular formula is C42H34B9F3O10S. The van der Waals surface area contributed by atoms with Crippen LogP contribution in [0.4, 0.5) is 13.2 Å². The smallest absolute Gasteiger partial charge is 0.429 e. The van der Waals surface area contributed by atoms with Gasteiger partial charge in [0.15, 0.2) is 5.78 Å². The van der Waals surface area contributed by atoms with Gasteiger partial charge < -0.3 is 14.2 Å². The van der Waals surface area contributed by atoms with Crippen molar-refractivity contribution in [3.63, 3.8) is 0 Å². The first kappa shape index (κ1) is 52.9. The van der Waals surface area contributed by atoms with Gasteiger partial charge in [0.25, 0.3) is 10.1 Å². The van der Waals surface area contributed by atoms with Crippen molar-refractivity contribution < 1.29 is 59.5 Å². The Morgan fingerprint density at radius 3 is 1.17 bits per heavy atom. The number of esters is 3. The number of carbonyl (C=O) groups excluding carboxylic acids is 4. The number of benzene rings is 4. The molecule has 0 heterocycles. The standard InChI is InChI=1S/C42H34B9F3O10S/c1-41(42(52,53)54,20-65(59,60)61)64-40(58)34-8-31(35(55)10-30-24(14-46)2-21(11-43)3-25(30)15-47)32(38(56)62-36-26(16-48)4-22(12-44)5-27(36)17-49)9-33(34)39(57)63-37-28(18-50)6-23(13-45)7-29(37)19-51/h2-9H,10-20H2,1H3,(H,59,60,61). The van der Waals surface area contributed by atoms with Crippen LogP contribution in [0, 0.1) is 0 Å². The first-order valence-corrected chi connectivity index (χ1v) is 21.3. The van der Waals surface area contributed by atoms with E-state index in [0.717, 1.165) is 0 Å². The molecule has 23 heteroatoms. The summed E-state index contributed by atoms with van der Waals surface area (Å²) in [7, 11) is 48.0. The van der Waals surface area contributed by atoms with Crippen LogP contribution in [-0.4, -0.2) is 125 Å². The minimum Gasteiger partial charge on any atom is -0.445 e. The lowest BCUT2D eigenvalue weighted by molar-refractivity contribution is -0.243. The fourth-order valence-corrected chi connectivity index (χ4v) is 7.92. The monoisotopic (exact) mass is 886 g/mol. The molecule has 65 heavy (non-hydrogen) atoms. The third-order valence-corrected chi connectivity index (χ3v) is 11.3. The van der Waals surface area contributed by atoms with Gasteiger partial charge in [0.2, 0.25) is 5.60 Å². The summed E-state index contributed by atoms with van der Waals surface area (Å²) in [5.74, 6) is -8.48. The van der Waals surface area contributed by atoms with E-state index < -0.39 is 80.0 Å². The molecule has 4 rings (SSSR count). The van der Waals surface area contributed by atoms with Crippen LogP contribution >= 0.6 is 0 Å². The second-order valence-corrected chi connectivity index (χ2v) is 16.3. The zero-order valence-corrected chi connectivity index (χ0v) is 36.1. The first-order valence-electron chi connectivity index (χ1n) is 19.7. The number of alkyl halides is 3. The van der Waals surface area contributed by atoms with Crippen molar-refractivity contribution in [1.82, 2.24) is 0 Å². The molecule has 0 aliphatic carbocycles. The van der Waals surface area contributed by atoms with Crippen molar-refractivity contribution in [1.29, 1.82) is 0 Å². The largest absolute Gasteiger partial charge is 0.445 e. The van der Waals surface area contributed by atoms with E-state index in [4.69, 9.17) is 84.8 Å². The number of carbonyl (C=O) groups is 4. The van der Waals surface area contributed by atoms with E-state index in [-0.39, 0.29) is 103 Å². The highest BCUT2D eigenvalue weighted by atomic mass is 32.2. The number of rotatable bonds is 20. The summed E-state index contributed by atoms with van der Waals surface area (Å²) in [6, 6.07) is 10.5. The fourth-order valence-electron chi connectivity index (χ4n) is 7.00. The molecule has 0 aromatic heterocycles. The first-order chi connectivity index (χ1) is 30.5. The van der Waals surface area contributed by atoms with Gasteiger partial charge >= 0.3 is 24.1 Å². The molecule has 0 bridgehead atoms.